The molecule has 0 saturated carbocycles. The van der Waals surface area contributed by atoms with Crippen molar-refractivity contribution in [1.82, 2.24) is 0 Å². The van der Waals surface area contributed by atoms with E-state index in [1.165, 1.54) is 5.56 Å². The number of methoxy groups -OCH3 is 2. The highest BCUT2D eigenvalue weighted by Gasteiger charge is 2.18. The Balaban J connectivity index is 2.53. The molecule has 0 aliphatic heterocycles. The largest absolute Gasteiger partial charge is 0.493 e. The van der Waals surface area contributed by atoms with Gasteiger partial charge in [-0.2, -0.15) is 0 Å². The van der Waals surface area contributed by atoms with Crippen LogP contribution in [0.2, 0.25) is 0 Å². The van der Waals surface area contributed by atoms with E-state index >= 15 is 0 Å². The van der Waals surface area contributed by atoms with Crippen LogP contribution in [-0.4, -0.2) is 14.2 Å². The molecule has 2 aromatic carbocycles. The minimum Gasteiger partial charge on any atom is -0.493 e. The first-order chi connectivity index (χ1) is 9.99. The molecular formula is C17H20BrNO2. The van der Waals surface area contributed by atoms with Crippen molar-refractivity contribution in [3.63, 3.8) is 0 Å². The minimum atomic E-state index is -0.223. The summed E-state index contributed by atoms with van der Waals surface area (Å²) < 4.78 is 11.8. The van der Waals surface area contributed by atoms with Crippen molar-refractivity contribution < 1.29 is 9.47 Å². The Labute approximate surface area is 134 Å². The summed E-state index contributed by atoms with van der Waals surface area (Å²) in [5, 5.41) is 0. The molecule has 2 rings (SSSR count). The van der Waals surface area contributed by atoms with Crippen molar-refractivity contribution in [3.8, 4) is 11.5 Å². The molecule has 0 fully saturated rings. The summed E-state index contributed by atoms with van der Waals surface area (Å²) >= 11 is 3.63. The van der Waals surface area contributed by atoms with Crippen molar-refractivity contribution in [2.24, 2.45) is 5.73 Å². The molecule has 0 aliphatic rings. The molecule has 0 heterocycles. The van der Waals surface area contributed by atoms with Gasteiger partial charge in [0.2, 0.25) is 0 Å². The first-order valence-corrected chi connectivity index (χ1v) is 7.52. The number of ether oxygens (including phenoxy) is 2. The molecule has 3 nitrogen and oxygen atoms in total. The maximum absolute atomic E-state index is 6.48. The van der Waals surface area contributed by atoms with Crippen LogP contribution in [0.15, 0.2) is 34.8 Å². The fourth-order valence-corrected chi connectivity index (χ4v) is 2.92. The fourth-order valence-electron chi connectivity index (χ4n) is 2.41. The van der Waals surface area contributed by atoms with E-state index in [1.807, 2.05) is 31.2 Å². The van der Waals surface area contributed by atoms with Gasteiger partial charge in [-0.25, -0.2) is 0 Å². The zero-order chi connectivity index (χ0) is 15.6. The highest BCUT2D eigenvalue weighted by Crippen LogP contribution is 2.36. The molecule has 0 aliphatic carbocycles. The molecule has 2 aromatic rings. The van der Waals surface area contributed by atoms with Gasteiger partial charge in [0.15, 0.2) is 11.5 Å². The Morgan fingerprint density at radius 3 is 2.19 bits per heavy atom. The molecule has 0 spiro atoms. The van der Waals surface area contributed by atoms with Gasteiger partial charge in [-0.15, -0.1) is 0 Å². The predicted molar refractivity (Wildman–Crippen MR) is 89.2 cm³/mol. The van der Waals surface area contributed by atoms with Crippen molar-refractivity contribution in [1.29, 1.82) is 0 Å². The second kappa shape index (κ2) is 6.50. The van der Waals surface area contributed by atoms with Gasteiger partial charge in [0.25, 0.3) is 0 Å². The highest BCUT2D eigenvalue weighted by atomic mass is 79.9. The SMILES string of the molecule is COc1cc(C)c(C(N)c2cccc(C)c2Br)cc1OC. The van der Waals surface area contributed by atoms with Crippen LogP contribution in [0.25, 0.3) is 0 Å². The molecule has 21 heavy (non-hydrogen) atoms. The van der Waals surface area contributed by atoms with Crippen LogP contribution >= 0.6 is 15.9 Å². The number of aryl methyl sites for hydroxylation is 2. The molecule has 0 radical (unpaired) electrons. The molecular weight excluding hydrogens is 330 g/mol. The Hall–Kier alpha value is -1.52. The molecule has 1 atom stereocenters. The zero-order valence-corrected chi connectivity index (χ0v) is 14.3. The van der Waals surface area contributed by atoms with Crippen molar-refractivity contribution in [2.45, 2.75) is 19.9 Å². The average Bonchev–Trinajstić information content (AvgIpc) is 2.49. The van der Waals surface area contributed by atoms with Crippen LogP contribution in [0.1, 0.15) is 28.3 Å². The van der Waals surface area contributed by atoms with E-state index in [0.717, 1.165) is 21.2 Å². The van der Waals surface area contributed by atoms with Gasteiger partial charge in [0, 0.05) is 4.47 Å². The molecule has 2 N–H and O–H groups in total. The summed E-state index contributed by atoms with van der Waals surface area (Å²) in [6, 6.07) is 9.80. The van der Waals surface area contributed by atoms with Gasteiger partial charge in [-0.1, -0.05) is 34.1 Å². The Morgan fingerprint density at radius 2 is 1.57 bits per heavy atom. The lowest BCUT2D eigenvalue weighted by atomic mass is 9.94. The van der Waals surface area contributed by atoms with Crippen molar-refractivity contribution >= 4 is 15.9 Å². The number of hydrogen-bond donors (Lipinski definition) is 1. The lowest BCUT2D eigenvalue weighted by Gasteiger charge is -2.20. The van der Waals surface area contributed by atoms with Crippen LogP contribution in [0.3, 0.4) is 0 Å². The zero-order valence-electron chi connectivity index (χ0n) is 12.7. The van der Waals surface area contributed by atoms with Crippen LogP contribution in [0, 0.1) is 13.8 Å². The Bertz CT molecular complexity index is 655. The number of hydrogen-bond acceptors (Lipinski definition) is 3. The maximum atomic E-state index is 6.48. The molecule has 1 unspecified atom stereocenters. The predicted octanol–water partition coefficient (Wildman–Crippen LogP) is 4.13. The van der Waals surface area contributed by atoms with E-state index in [-0.39, 0.29) is 6.04 Å². The third-order valence-electron chi connectivity index (χ3n) is 3.66. The van der Waals surface area contributed by atoms with Gasteiger partial charge < -0.3 is 15.2 Å². The maximum Gasteiger partial charge on any atom is 0.161 e. The average molecular weight is 350 g/mol. The van der Waals surface area contributed by atoms with E-state index in [0.29, 0.717) is 11.5 Å². The summed E-state index contributed by atoms with van der Waals surface area (Å²) in [5.41, 5.74) is 10.8. The van der Waals surface area contributed by atoms with E-state index in [1.54, 1.807) is 14.2 Å². The summed E-state index contributed by atoms with van der Waals surface area (Å²) in [4.78, 5) is 0. The second-order valence-electron chi connectivity index (χ2n) is 5.02. The molecule has 112 valence electrons. The van der Waals surface area contributed by atoms with Crippen LogP contribution in [-0.2, 0) is 0 Å². The van der Waals surface area contributed by atoms with E-state index in [9.17, 15) is 0 Å². The van der Waals surface area contributed by atoms with Crippen LogP contribution in [0.5, 0.6) is 11.5 Å². The molecule has 0 saturated heterocycles. The normalized spacial score (nSPS) is 12.1. The standard InChI is InChI=1S/C17H20BrNO2/c1-10-6-5-7-12(16(10)18)17(19)13-9-15(21-4)14(20-3)8-11(13)2/h5-9,17H,19H2,1-4H3. The number of nitrogens with two attached hydrogens (primary N) is 1. The molecule has 4 heteroatoms. The quantitative estimate of drug-likeness (QED) is 0.902. The summed E-state index contributed by atoms with van der Waals surface area (Å²) in [6.07, 6.45) is 0. The summed E-state index contributed by atoms with van der Waals surface area (Å²) in [7, 11) is 3.26. The molecule has 0 amide bonds. The molecule has 0 bridgehead atoms. The van der Waals surface area contributed by atoms with E-state index < -0.39 is 0 Å². The first kappa shape index (κ1) is 15.9. The van der Waals surface area contributed by atoms with Gasteiger partial charge in [0.1, 0.15) is 0 Å². The Kier molecular flexibility index (Phi) is 4.91. The van der Waals surface area contributed by atoms with Crippen LogP contribution in [0.4, 0.5) is 0 Å². The van der Waals surface area contributed by atoms with E-state index in [4.69, 9.17) is 15.2 Å². The Morgan fingerprint density at radius 1 is 0.952 bits per heavy atom. The van der Waals surface area contributed by atoms with Crippen molar-refractivity contribution in [2.75, 3.05) is 14.2 Å². The lowest BCUT2D eigenvalue weighted by Crippen LogP contribution is -2.14. The third kappa shape index (κ3) is 3.06. The van der Waals surface area contributed by atoms with Gasteiger partial charge in [-0.3, -0.25) is 0 Å². The fraction of sp³-hybridized carbons (Fsp3) is 0.294. The first-order valence-electron chi connectivity index (χ1n) is 6.72. The smallest absolute Gasteiger partial charge is 0.161 e. The number of halogens is 1. The number of benzene rings is 2. The lowest BCUT2D eigenvalue weighted by molar-refractivity contribution is 0.354. The topological polar surface area (TPSA) is 44.5 Å². The van der Waals surface area contributed by atoms with Gasteiger partial charge >= 0.3 is 0 Å². The third-order valence-corrected chi connectivity index (χ3v) is 4.75. The number of rotatable bonds is 4. The van der Waals surface area contributed by atoms with E-state index in [2.05, 4.69) is 28.9 Å². The highest BCUT2D eigenvalue weighted by molar-refractivity contribution is 9.10. The summed E-state index contributed by atoms with van der Waals surface area (Å²) in [6.45, 7) is 4.09. The van der Waals surface area contributed by atoms with Crippen molar-refractivity contribution in [3.05, 3.63) is 57.1 Å². The minimum absolute atomic E-state index is 0.223. The van der Waals surface area contributed by atoms with Crippen LogP contribution < -0.4 is 15.2 Å². The van der Waals surface area contributed by atoms with Gasteiger partial charge in [-0.05, 0) is 48.2 Å². The second-order valence-corrected chi connectivity index (χ2v) is 5.81. The molecule has 0 aromatic heterocycles. The van der Waals surface area contributed by atoms with Gasteiger partial charge in [0.05, 0.1) is 20.3 Å². The monoisotopic (exact) mass is 349 g/mol. The summed E-state index contributed by atoms with van der Waals surface area (Å²) in [5.74, 6) is 1.41.